The third-order valence-electron chi connectivity index (χ3n) is 4.85. The van der Waals surface area contributed by atoms with Gasteiger partial charge in [-0.2, -0.15) is 10.5 Å². The number of nitriles is 2. The van der Waals surface area contributed by atoms with Crippen LogP contribution in [-0.2, 0) is 6.54 Å². The highest BCUT2D eigenvalue weighted by Gasteiger charge is 2.15. The second-order valence-corrected chi connectivity index (χ2v) is 8.04. The van der Waals surface area contributed by atoms with E-state index in [1.54, 1.807) is 6.92 Å². The summed E-state index contributed by atoms with van der Waals surface area (Å²) in [7, 11) is 0. The lowest BCUT2D eigenvalue weighted by Crippen LogP contribution is -2.23. The molecule has 5 nitrogen and oxygen atoms in total. The second-order valence-electron chi connectivity index (χ2n) is 7.04. The number of thiophene rings is 1. The monoisotopic (exact) mass is 413 g/mol. The molecule has 0 saturated carbocycles. The smallest absolute Gasteiger partial charge is 0.158 e. The number of benzene rings is 2. The van der Waals surface area contributed by atoms with Crippen molar-refractivity contribution in [1.82, 2.24) is 0 Å². The largest absolute Gasteiger partial charge is 0.367 e. The van der Waals surface area contributed by atoms with Crippen LogP contribution >= 0.6 is 11.3 Å². The Kier molecular flexibility index (Phi) is 6.95. The molecule has 0 bridgehead atoms. The molecule has 0 unspecified atom stereocenters. The molecule has 6 heteroatoms. The number of anilines is 1. The van der Waals surface area contributed by atoms with E-state index < -0.39 is 0 Å². The van der Waals surface area contributed by atoms with Gasteiger partial charge in [0.25, 0.3) is 0 Å². The van der Waals surface area contributed by atoms with Gasteiger partial charge in [0.1, 0.15) is 17.0 Å². The van der Waals surface area contributed by atoms with E-state index in [0.29, 0.717) is 21.0 Å². The van der Waals surface area contributed by atoms with Crippen molar-refractivity contribution >= 4 is 27.7 Å². The van der Waals surface area contributed by atoms with Crippen LogP contribution in [0.3, 0.4) is 0 Å². The van der Waals surface area contributed by atoms with Crippen LogP contribution in [0, 0.1) is 36.5 Å². The number of azo groups is 1. The minimum atomic E-state index is 0.423. The Labute approximate surface area is 181 Å². The number of aryl methyl sites for hydroxylation is 1. The molecular weight excluding hydrogens is 390 g/mol. The molecule has 0 aliphatic heterocycles. The zero-order chi connectivity index (χ0) is 21.5. The first kappa shape index (κ1) is 21.2. The molecule has 3 aromatic rings. The number of nitrogens with zero attached hydrogens (tertiary/aromatic N) is 5. The molecule has 1 aromatic heterocycles. The van der Waals surface area contributed by atoms with Crippen molar-refractivity contribution in [3.63, 3.8) is 0 Å². The summed E-state index contributed by atoms with van der Waals surface area (Å²) in [6.07, 6.45) is 1.06. The molecule has 0 aliphatic carbocycles. The van der Waals surface area contributed by atoms with Crippen LogP contribution in [0.2, 0.25) is 0 Å². The molecule has 0 saturated heterocycles. The lowest BCUT2D eigenvalue weighted by atomic mass is 10.1. The predicted octanol–water partition coefficient (Wildman–Crippen LogP) is 6.94. The highest BCUT2D eigenvalue weighted by molar-refractivity contribution is 7.16. The van der Waals surface area contributed by atoms with E-state index >= 15 is 0 Å². The summed E-state index contributed by atoms with van der Waals surface area (Å²) in [5.74, 6) is 0. The van der Waals surface area contributed by atoms with Crippen LogP contribution in [0.5, 0.6) is 0 Å². The second kappa shape index (κ2) is 9.82. The van der Waals surface area contributed by atoms with Gasteiger partial charge in [0.05, 0.1) is 11.3 Å². The normalized spacial score (nSPS) is 10.7. The SMILES string of the molecule is CCCN(Cc1ccccc1)c1ccc(/N=N/c2sc(C#N)c(C)c2C#N)c(C)c1. The van der Waals surface area contributed by atoms with Gasteiger partial charge >= 0.3 is 0 Å². The number of hydrogen-bond acceptors (Lipinski definition) is 6. The third kappa shape index (κ3) is 4.74. The molecule has 0 spiro atoms. The maximum Gasteiger partial charge on any atom is 0.158 e. The van der Waals surface area contributed by atoms with Gasteiger partial charge in [0.2, 0.25) is 0 Å². The van der Waals surface area contributed by atoms with Crippen molar-refractivity contribution in [1.29, 1.82) is 10.5 Å². The summed E-state index contributed by atoms with van der Waals surface area (Å²) in [5.41, 5.74) is 5.28. The van der Waals surface area contributed by atoms with E-state index in [0.717, 1.165) is 36.4 Å². The first-order valence-electron chi connectivity index (χ1n) is 9.82. The standard InChI is InChI=1S/C24H23N5S/c1-4-12-29(16-19-8-6-5-7-9-19)20-10-11-22(17(2)13-20)27-28-24-21(14-25)18(3)23(15-26)30-24/h5-11,13H,4,12,16H2,1-3H3/b28-27+. The van der Waals surface area contributed by atoms with Gasteiger partial charge in [0.15, 0.2) is 5.00 Å². The van der Waals surface area contributed by atoms with Crippen molar-refractivity contribution in [2.45, 2.75) is 33.7 Å². The topological polar surface area (TPSA) is 75.5 Å². The Balaban J connectivity index is 1.85. The quantitative estimate of drug-likeness (QED) is 0.394. The lowest BCUT2D eigenvalue weighted by Gasteiger charge is -2.25. The van der Waals surface area contributed by atoms with E-state index in [9.17, 15) is 10.5 Å². The van der Waals surface area contributed by atoms with Crippen LogP contribution in [0.15, 0.2) is 58.8 Å². The average molecular weight is 414 g/mol. The van der Waals surface area contributed by atoms with Gasteiger partial charge < -0.3 is 4.90 Å². The van der Waals surface area contributed by atoms with Gasteiger partial charge in [0, 0.05) is 18.8 Å². The third-order valence-corrected chi connectivity index (χ3v) is 5.93. The summed E-state index contributed by atoms with van der Waals surface area (Å²) >= 11 is 1.20. The Morgan fingerprint density at radius 2 is 1.77 bits per heavy atom. The molecule has 0 N–H and O–H groups in total. The van der Waals surface area contributed by atoms with Gasteiger partial charge in [-0.05, 0) is 55.2 Å². The van der Waals surface area contributed by atoms with E-state index in [2.05, 4.69) is 70.6 Å². The molecule has 150 valence electrons. The Bertz CT molecular complexity index is 1130. The zero-order valence-corrected chi connectivity index (χ0v) is 18.2. The lowest BCUT2D eigenvalue weighted by molar-refractivity contribution is 0.767. The maximum atomic E-state index is 9.37. The van der Waals surface area contributed by atoms with Gasteiger partial charge in [-0.3, -0.25) is 0 Å². The molecule has 0 aliphatic rings. The summed E-state index contributed by atoms with van der Waals surface area (Å²) in [6.45, 7) is 7.77. The molecular formula is C24H23N5S. The molecule has 0 atom stereocenters. The van der Waals surface area contributed by atoms with Crippen molar-refractivity contribution in [3.8, 4) is 12.1 Å². The summed E-state index contributed by atoms with van der Waals surface area (Å²) in [6, 6.07) is 20.8. The molecule has 0 amide bonds. The minimum absolute atomic E-state index is 0.423. The van der Waals surface area contributed by atoms with Crippen LogP contribution < -0.4 is 4.90 Å². The molecule has 1 heterocycles. The fourth-order valence-corrected chi connectivity index (χ4v) is 4.10. The van der Waals surface area contributed by atoms with E-state index in [1.807, 2.05) is 19.1 Å². The van der Waals surface area contributed by atoms with Crippen LogP contribution in [0.4, 0.5) is 16.4 Å². The highest BCUT2D eigenvalue weighted by Crippen LogP contribution is 2.36. The minimum Gasteiger partial charge on any atom is -0.367 e. The molecule has 30 heavy (non-hydrogen) atoms. The van der Waals surface area contributed by atoms with Crippen molar-refractivity contribution < 1.29 is 0 Å². The molecule has 0 radical (unpaired) electrons. The van der Waals surface area contributed by atoms with Crippen LogP contribution in [0.1, 0.15) is 40.5 Å². The Hall–Kier alpha value is -3.48. The maximum absolute atomic E-state index is 9.37. The van der Waals surface area contributed by atoms with Crippen LogP contribution in [0.25, 0.3) is 0 Å². The highest BCUT2D eigenvalue weighted by atomic mass is 32.1. The predicted molar refractivity (Wildman–Crippen MR) is 122 cm³/mol. The van der Waals surface area contributed by atoms with E-state index in [1.165, 1.54) is 16.9 Å². The first-order chi connectivity index (χ1) is 14.6. The summed E-state index contributed by atoms with van der Waals surface area (Å²) in [5, 5.41) is 27.7. The summed E-state index contributed by atoms with van der Waals surface area (Å²) < 4.78 is 0. The van der Waals surface area contributed by atoms with Gasteiger partial charge in [-0.15, -0.1) is 21.6 Å². The molecule has 3 rings (SSSR count). The zero-order valence-electron chi connectivity index (χ0n) is 17.4. The number of rotatable bonds is 7. The average Bonchev–Trinajstić information content (AvgIpc) is 3.07. The Morgan fingerprint density at radius 1 is 1.00 bits per heavy atom. The van der Waals surface area contributed by atoms with Crippen molar-refractivity contribution in [3.05, 3.63) is 75.7 Å². The first-order valence-corrected chi connectivity index (χ1v) is 10.6. The van der Waals surface area contributed by atoms with Crippen molar-refractivity contribution in [2.75, 3.05) is 11.4 Å². The van der Waals surface area contributed by atoms with E-state index in [4.69, 9.17) is 0 Å². The van der Waals surface area contributed by atoms with Gasteiger partial charge in [-0.1, -0.05) is 37.3 Å². The van der Waals surface area contributed by atoms with Gasteiger partial charge in [-0.25, -0.2) is 0 Å². The van der Waals surface area contributed by atoms with Crippen LogP contribution in [-0.4, -0.2) is 6.54 Å². The summed E-state index contributed by atoms with van der Waals surface area (Å²) in [4.78, 5) is 2.86. The molecule has 2 aromatic carbocycles. The fraction of sp³-hybridized carbons (Fsp3) is 0.250. The van der Waals surface area contributed by atoms with E-state index in [-0.39, 0.29) is 0 Å². The number of hydrogen-bond donors (Lipinski definition) is 0. The molecule has 0 fully saturated rings. The fourth-order valence-electron chi connectivity index (χ4n) is 3.23. The van der Waals surface area contributed by atoms with Crippen molar-refractivity contribution in [2.24, 2.45) is 10.2 Å². The Morgan fingerprint density at radius 3 is 2.40 bits per heavy atom.